The maximum atomic E-state index is 11.9. The van der Waals surface area contributed by atoms with Gasteiger partial charge in [0.1, 0.15) is 0 Å². The SMILES string of the molecule is COC(=O)[C@@]1(C)C[C@@H]2C[C@@]3(O)C=CC[C@@]2(C3)C1. The standard InChI is InChI=1S/C14H20O3/c1-12(11(15)17-2)6-10-7-14(16)5-3-4-13(10,8-12)9-14/h3,5,10,16H,4,6-9H2,1-2H3/t10-,12+,13+,14+/m1/s1. The Balaban J connectivity index is 1.91. The lowest BCUT2D eigenvalue weighted by Crippen LogP contribution is -2.33. The van der Waals surface area contributed by atoms with Crippen LogP contribution in [0.1, 0.15) is 39.0 Å². The van der Waals surface area contributed by atoms with Crippen LogP contribution in [0.15, 0.2) is 12.2 Å². The molecular formula is C14H20O3. The number of rotatable bonds is 1. The first-order valence-electron chi connectivity index (χ1n) is 6.40. The Labute approximate surface area is 102 Å². The molecule has 3 aliphatic carbocycles. The minimum Gasteiger partial charge on any atom is -0.469 e. The lowest BCUT2D eigenvalue weighted by molar-refractivity contribution is -0.152. The first-order chi connectivity index (χ1) is 7.91. The van der Waals surface area contributed by atoms with Crippen LogP contribution in [0.5, 0.6) is 0 Å². The summed E-state index contributed by atoms with van der Waals surface area (Å²) in [4.78, 5) is 11.9. The third-order valence-corrected chi connectivity index (χ3v) is 5.19. The first-order valence-corrected chi connectivity index (χ1v) is 6.40. The zero-order valence-electron chi connectivity index (χ0n) is 10.5. The van der Waals surface area contributed by atoms with Crippen LogP contribution in [0.25, 0.3) is 0 Å². The molecule has 3 aliphatic rings. The highest BCUT2D eigenvalue weighted by Gasteiger charge is 2.63. The average molecular weight is 236 g/mol. The predicted octanol–water partition coefficient (Wildman–Crippen LogP) is 2.05. The van der Waals surface area contributed by atoms with E-state index in [2.05, 4.69) is 6.08 Å². The van der Waals surface area contributed by atoms with Gasteiger partial charge in [-0.3, -0.25) is 4.79 Å². The highest BCUT2D eigenvalue weighted by atomic mass is 16.5. The fourth-order valence-electron chi connectivity index (χ4n) is 4.71. The van der Waals surface area contributed by atoms with Crippen LogP contribution in [-0.2, 0) is 9.53 Å². The number of allylic oxidation sites excluding steroid dienone is 1. The van der Waals surface area contributed by atoms with Gasteiger partial charge in [0, 0.05) is 0 Å². The molecule has 2 fully saturated rings. The summed E-state index contributed by atoms with van der Waals surface area (Å²) in [6, 6.07) is 0. The van der Waals surface area contributed by atoms with Crippen LogP contribution in [0.4, 0.5) is 0 Å². The maximum absolute atomic E-state index is 11.9. The number of esters is 1. The van der Waals surface area contributed by atoms with E-state index in [-0.39, 0.29) is 16.8 Å². The summed E-state index contributed by atoms with van der Waals surface area (Å²) in [6.45, 7) is 2.02. The fourth-order valence-corrected chi connectivity index (χ4v) is 4.71. The summed E-state index contributed by atoms with van der Waals surface area (Å²) in [5, 5.41) is 10.4. The molecule has 0 aromatic carbocycles. The van der Waals surface area contributed by atoms with Crippen molar-refractivity contribution in [2.45, 2.75) is 44.6 Å². The molecule has 2 bridgehead atoms. The molecule has 3 rings (SSSR count). The Morgan fingerprint density at radius 2 is 2.18 bits per heavy atom. The van der Waals surface area contributed by atoms with Gasteiger partial charge in [0.2, 0.25) is 0 Å². The van der Waals surface area contributed by atoms with E-state index in [1.807, 2.05) is 13.0 Å². The Kier molecular flexibility index (Phi) is 2.08. The van der Waals surface area contributed by atoms with Crippen molar-refractivity contribution in [3.05, 3.63) is 12.2 Å². The largest absolute Gasteiger partial charge is 0.469 e. The van der Waals surface area contributed by atoms with Gasteiger partial charge in [-0.15, -0.1) is 0 Å². The van der Waals surface area contributed by atoms with Crippen molar-refractivity contribution in [3.63, 3.8) is 0 Å². The summed E-state index contributed by atoms with van der Waals surface area (Å²) in [6.07, 6.45) is 8.45. The van der Waals surface area contributed by atoms with Crippen LogP contribution in [0.2, 0.25) is 0 Å². The summed E-state index contributed by atoms with van der Waals surface area (Å²) in [5.41, 5.74) is -0.793. The van der Waals surface area contributed by atoms with Gasteiger partial charge in [-0.2, -0.15) is 0 Å². The van der Waals surface area contributed by atoms with Gasteiger partial charge in [0.25, 0.3) is 0 Å². The molecule has 0 aromatic rings. The van der Waals surface area contributed by atoms with Crippen molar-refractivity contribution in [1.82, 2.24) is 0 Å². The van der Waals surface area contributed by atoms with E-state index in [1.165, 1.54) is 7.11 Å². The van der Waals surface area contributed by atoms with Crippen molar-refractivity contribution in [2.75, 3.05) is 7.11 Å². The molecule has 0 radical (unpaired) electrons. The molecule has 0 amide bonds. The molecule has 3 heteroatoms. The zero-order valence-corrected chi connectivity index (χ0v) is 10.5. The molecule has 0 aromatic heterocycles. The highest BCUT2D eigenvalue weighted by molar-refractivity contribution is 5.77. The van der Waals surface area contributed by atoms with E-state index < -0.39 is 5.60 Å². The smallest absolute Gasteiger partial charge is 0.311 e. The third kappa shape index (κ3) is 1.41. The van der Waals surface area contributed by atoms with Crippen molar-refractivity contribution in [3.8, 4) is 0 Å². The summed E-state index contributed by atoms with van der Waals surface area (Å²) in [5.74, 6) is 0.381. The second-order valence-corrected chi connectivity index (χ2v) is 6.58. The number of fused-ring (bicyclic) bond motifs is 1. The number of hydrogen-bond donors (Lipinski definition) is 1. The van der Waals surface area contributed by atoms with E-state index in [4.69, 9.17) is 4.74 Å². The number of carbonyl (C=O) groups is 1. The molecule has 0 saturated heterocycles. The number of ether oxygens (including phenoxy) is 1. The van der Waals surface area contributed by atoms with Crippen molar-refractivity contribution in [1.29, 1.82) is 0 Å². The van der Waals surface area contributed by atoms with Gasteiger partial charge in [-0.1, -0.05) is 12.2 Å². The lowest BCUT2D eigenvalue weighted by Gasteiger charge is -2.34. The average Bonchev–Trinajstić information content (AvgIpc) is 2.59. The third-order valence-electron chi connectivity index (χ3n) is 5.19. The quantitative estimate of drug-likeness (QED) is 0.560. The summed E-state index contributed by atoms with van der Waals surface area (Å²) in [7, 11) is 1.47. The zero-order chi connectivity index (χ0) is 12.3. The van der Waals surface area contributed by atoms with E-state index in [0.29, 0.717) is 5.92 Å². The Morgan fingerprint density at radius 1 is 1.41 bits per heavy atom. The Bertz CT molecular complexity index is 402. The van der Waals surface area contributed by atoms with Crippen LogP contribution >= 0.6 is 0 Å². The predicted molar refractivity (Wildman–Crippen MR) is 63.2 cm³/mol. The molecule has 94 valence electrons. The van der Waals surface area contributed by atoms with Crippen LogP contribution in [-0.4, -0.2) is 23.8 Å². The van der Waals surface area contributed by atoms with Gasteiger partial charge in [-0.05, 0) is 50.4 Å². The van der Waals surface area contributed by atoms with E-state index >= 15 is 0 Å². The van der Waals surface area contributed by atoms with Crippen LogP contribution < -0.4 is 0 Å². The topological polar surface area (TPSA) is 46.5 Å². The molecule has 2 saturated carbocycles. The van der Waals surface area contributed by atoms with E-state index in [1.54, 1.807) is 0 Å². The van der Waals surface area contributed by atoms with Gasteiger partial charge < -0.3 is 9.84 Å². The molecule has 1 spiro atoms. The van der Waals surface area contributed by atoms with Gasteiger partial charge in [-0.25, -0.2) is 0 Å². The van der Waals surface area contributed by atoms with Crippen molar-refractivity contribution in [2.24, 2.45) is 16.7 Å². The van der Waals surface area contributed by atoms with Crippen molar-refractivity contribution < 1.29 is 14.6 Å². The molecule has 4 atom stereocenters. The molecular weight excluding hydrogens is 216 g/mol. The second-order valence-electron chi connectivity index (χ2n) is 6.58. The number of methoxy groups -OCH3 is 1. The van der Waals surface area contributed by atoms with Gasteiger partial charge in [0.05, 0.1) is 18.1 Å². The second kappa shape index (κ2) is 3.14. The van der Waals surface area contributed by atoms with Gasteiger partial charge in [0.15, 0.2) is 0 Å². The molecule has 3 nitrogen and oxygen atoms in total. The minimum absolute atomic E-state index is 0.0839. The molecule has 1 N–H and O–H groups in total. The normalized spacial score (nSPS) is 51.4. The molecule has 0 unspecified atom stereocenters. The summed E-state index contributed by atoms with van der Waals surface area (Å²) < 4.78 is 4.94. The fraction of sp³-hybridized carbons (Fsp3) is 0.786. The van der Waals surface area contributed by atoms with Crippen molar-refractivity contribution >= 4 is 5.97 Å². The number of hydrogen-bond acceptors (Lipinski definition) is 3. The number of aliphatic hydroxyl groups is 1. The lowest BCUT2D eigenvalue weighted by atomic mass is 9.72. The van der Waals surface area contributed by atoms with Crippen LogP contribution in [0.3, 0.4) is 0 Å². The highest BCUT2D eigenvalue weighted by Crippen LogP contribution is 2.66. The molecule has 0 aliphatic heterocycles. The van der Waals surface area contributed by atoms with E-state index in [9.17, 15) is 9.90 Å². The maximum Gasteiger partial charge on any atom is 0.311 e. The minimum atomic E-state index is -0.597. The molecule has 17 heavy (non-hydrogen) atoms. The van der Waals surface area contributed by atoms with Gasteiger partial charge >= 0.3 is 5.97 Å². The first kappa shape index (κ1) is 11.3. The molecule has 0 heterocycles. The Morgan fingerprint density at radius 3 is 2.88 bits per heavy atom. The monoisotopic (exact) mass is 236 g/mol. The van der Waals surface area contributed by atoms with E-state index in [0.717, 1.165) is 32.1 Å². The number of carbonyl (C=O) groups excluding carboxylic acids is 1. The Hall–Kier alpha value is -0.830. The van der Waals surface area contributed by atoms with Crippen LogP contribution in [0, 0.1) is 16.7 Å². The summed E-state index contributed by atoms with van der Waals surface area (Å²) >= 11 is 0.